The molecule has 30 heavy (non-hydrogen) atoms. The molecule has 2 N–H and O–H groups in total. The van der Waals surface area contributed by atoms with E-state index in [9.17, 15) is 19.5 Å². The molecule has 1 aliphatic rings. The van der Waals surface area contributed by atoms with Crippen LogP contribution < -0.4 is 10.1 Å². The summed E-state index contributed by atoms with van der Waals surface area (Å²) in [5.74, 6) is 0.258. The van der Waals surface area contributed by atoms with Crippen molar-refractivity contribution in [1.82, 2.24) is 10.2 Å². The van der Waals surface area contributed by atoms with Gasteiger partial charge in [-0.15, -0.1) is 0 Å². The molecule has 0 spiro atoms. The molecule has 0 saturated carbocycles. The molecule has 1 aliphatic heterocycles. The summed E-state index contributed by atoms with van der Waals surface area (Å²) in [5.41, 5.74) is -0.301. The van der Waals surface area contributed by atoms with Gasteiger partial charge in [0.25, 0.3) is 5.91 Å². The quantitative estimate of drug-likeness (QED) is 0.289. The van der Waals surface area contributed by atoms with E-state index in [-0.39, 0.29) is 24.8 Å². The third-order valence-electron chi connectivity index (χ3n) is 5.46. The lowest BCUT2D eigenvalue weighted by atomic mass is 9.94. The van der Waals surface area contributed by atoms with Gasteiger partial charge >= 0.3 is 6.03 Å². The van der Waals surface area contributed by atoms with Gasteiger partial charge in [0.2, 0.25) is 0 Å². The minimum Gasteiger partial charge on any atom is -0.491 e. The Labute approximate surface area is 178 Å². The number of amides is 3. The molecule has 1 aromatic rings. The van der Waals surface area contributed by atoms with Crippen molar-refractivity contribution in [3.05, 3.63) is 29.8 Å². The van der Waals surface area contributed by atoms with E-state index in [1.165, 1.54) is 6.42 Å². The molecule has 0 aliphatic carbocycles. The zero-order chi connectivity index (χ0) is 22.1. The van der Waals surface area contributed by atoms with E-state index < -0.39 is 17.7 Å². The number of carbonyl (C=O) groups excluding carboxylic acids is 3. The molecule has 1 heterocycles. The highest BCUT2D eigenvalue weighted by atomic mass is 16.5. The maximum Gasteiger partial charge on any atom is 0.325 e. The van der Waals surface area contributed by atoms with Crippen molar-refractivity contribution >= 4 is 17.7 Å². The first-order valence-electron chi connectivity index (χ1n) is 10.9. The summed E-state index contributed by atoms with van der Waals surface area (Å²) in [6, 6.07) is 6.21. The fraction of sp³-hybridized carbons (Fsp3) is 0.609. The minimum absolute atomic E-state index is 0.0496. The zero-order valence-corrected chi connectivity index (χ0v) is 18.3. The first kappa shape index (κ1) is 23.9. The summed E-state index contributed by atoms with van der Waals surface area (Å²) >= 11 is 0. The number of β-amino-alcohol motifs (C(OH)–C–C–N with tert-alkyl or cyclic N) is 1. The molecular formula is C23H34N2O5. The van der Waals surface area contributed by atoms with Gasteiger partial charge in [-0.1, -0.05) is 46.0 Å². The Balaban J connectivity index is 1.82. The molecule has 1 aromatic carbocycles. The smallest absolute Gasteiger partial charge is 0.325 e. The standard InChI is InChI=1S/C23H34N2O5/c1-4-6-7-8-9-14-23(3)21(28)25(22(29)24-23)15-18(26)16-30-19-12-10-17(11-13-19)20(27)5-2/h10-13,18,26H,4-9,14-16H2,1-3H3,(H,24,29). The summed E-state index contributed by atoms with van der Waals surface area (Å²) in [4.78, 5) is 37.8. The molecule has 1 fully saturated rings. The summed E-state index contributed by atoms with van der Waals surface area (Å²) in [6.45, 7) is 5.51. The maximum absolute atomic E-state index is 12.8. The zero-order valence-electron chi connectivity index (χ0n) is 18.3. The number of hydrogen-bond donors (Lipinski definition) is 2. The predicted molar refractivity (Wildman–Crippen MR) is 115 cm³/mol. The first-order chi connectivity index (χ1) is 14.3. The molecule has 0 aromatic heterocycles. The number of ether oxygens (including phenoxy) is 1. The van der Waals surface area contributed by atoms with Gasteiger partial charge in [-0.25, -0.2) is 4.79 Å². The van der Waals surface area contributed by atoms with Crippen molar-refractivity contribution in [2.75, 3.05) is 13.2 Å². The second-order valence-electron chi connectivity index (χ2n) is 8.11. The highest BCUT2D eigenvalue weighted by Crippen LogP contribution is 2.24. The Morgan fingerprint density at radius 2 is 1.80 bits per heavy atom. The molecule has 2 unspecified atom stereocenters. The Morgan fingerprint density at radius 3 is 2.43 bits per heavy atom. The number of aliphatic hydroxyl groups excluding tert-OH is 1. The van der Waals surface area contributed by atoms with E-state index in [1.54, 1.807) is 38.1 Å². The van der Waals surface area contributed by atoms with E-state index in [1.807, 2.05) is 0 Å². The van der Waals surface area contributed by atoms with Crippen LogP contribution in [0.15, 0.2) is 24.3 Å². The summed E-state index contributed by atoms with van der Waals surface area (Å²) in [5, 5.41) is 13.1. The van der Waals surface area contributed by atoms with Crippen molar-refractivity contribution in [3.8, 4) is 5.75 Å². The van der Waals surface area contributed by atoms with Gasteiger partial charge in [-0.3, -0.25) is 14.5 Å². The molecule has 1 saturated heterocycles. The Kier molecular flexibility index (Phi) is 8.84. The monoisotopic (exact) mass is 418 g/mol. The second-order valence-corrected chi connectivity index (χ2v) is 8.11. The summed E-state index contributed by atoms with van der Waals surface area (Å²) in [7, 11) is 0. The number of aliphatic hydroxyl groups is 1. The molecule has 7 heteroatoms. The number of imide groups is 1. The van der Waals surface area contributed by atoms with Crippen LogP contribution in [-0.4, -0.2) is 52.5 Å². The van der Waals surface area contributed by atoms with E-state index in [4.69, 9.17) is 4.74 Å². The normalized spacial score (nSPS) is 19.7. The van der Waals surface area contributed by atoms with Gasteiger partial charge in [0.15, 0.2) is 5.78 Å². The van der Waals surface area contributed by atoms with Gasteiger partial charge in [0.05, 0.1) is 6.54 Å². The van der Waals surface area contributed by atoms with E-state index in [0.717, 1.165) is 30.6 Å². The predicted octanol–water partition coefficient (Wildman–Crippen LogP) is 3.69. The SMILES string of the molecule is CCCCCCCC1(C)NC(=O)N(CC(O)COc2ccc(C(=O)CC)cc2)C1=O. The average Bonchev–Trinajstić information content (AvgIpc) is 2.95. The van der Waals surface area contributed by atoms with Crippen LogP contribution in [0.5, 0.6) is 5.75 Å². The van der Waals surface area contributed by atoms with Crippen LogP contribution in [0, 0.1) is 0 Å². The molecule has 0 bridgehead atoms. The Hall–Kier alpha value is -2.41. The molecular weight excluding hydrogens is 384 g/mol. The number of ketones is 1. The number of hydrogen-bond acceptors (Lipinski definition) is 5. The molecule has 7 nitrogen and oxygen atoms in total. The highest BCUT2D eigenvalue weighted by Gasteiger charge is 2.47. The van der Waals surface area contributed by atoms with Crippen LogP contribution in [0.4, 0.5) is 4.79 Å². The third-order valence-corrected chi connectivity index (χ3v) is 5.46. The van der Waals surface area contributed by atoms with Gasteiger partial charge in [0, 0.05) is 12.0 Å². The highest BCUT2D eigenvalue weighted by molar-refractivity contribution is 6.06. The fourth-order valence-electron chi connectivity index (χ4n) is 3.56. The van der Waals surface area contributed by atoms with Crippen LogP contribution >= 0.6 is 0 Å². The minimum atomic E-state index is -1.01. The van der Waals surface area contributed by atoms with Gasteiger partial charge in [-0.05, 0) is 37.6 Å². The van der Waals surface area contributed by atoms with Crippen molar-refractivity contribution in [2.24, 2.45) is 0 Å². The fourth-order valence-corrected chi connectivity index (χ4v) is 3.56. The maximum atomic E-state index is 12.8. The number of nitrogens with one attached hydrogen (secondary N) is 1. The van der Waals surface area contributed by atoms with E-state index >= 15 is 0 Å². The molecule has 2 atom stereocenters. The van der Waals surface area contributed by atoms with Crippen molar-refractivity contribution in [1.29, 1.82) is 0 Å². The number of carbonyl (C=O) groups is 3. The molecule has 0 radical (unpaired) electrons. The van der Waals surface area contributed by atoms with E-state index in [0.29, 0.717) is 24.2 Å². The lowest BCUT2D eigenvalue weighted by Gasteiger charge is -2.22. The van der Waals surface area contributed by atoms with Crippen LogP contribution in [-0.2, 0) is 4.79 Å². The third kappa shape index (κ3) is 6.29. The number of nitrogens with zero attached hydrogens (tertiary/aromatic N) is 1. The average molecular weight is 419 g/mol. The number of benzene rings is 1. The van der Waals surface area contributed by atoms with Crippen molar-refractivity contribution < 1.29 is 24.2 Å². The number of unbranched alkanes of at least 4 members (excludes halogenated alkanes) is 4. The largest absolute Gasteiger partial charge is 0.491 e. The van der Waals surface area contributed by atoms with Crippen LogP contribution in [0.3, 0.4) is 0 Å². The number of Topliss-reactive ketones (excluding diaryl/α,β-unsaturated/α-hetero) is 1. The van der Waals surface area contributed by atoms with Gasteiger partial charge in [0.1, 0.15) is 24.0 Å². The Morgan fingerprint density at radius 1 is 1.13 bits per heavy atom. The van der Waals surface area contributed by atoms with Crippen molar-refractivity contribution in [3.63, 3.8) is 0 Å². The Bertz CT molecular complexity index is 734. The first-order valence-corrected chi connectivity index (χ1v) is 10.9. The van der Waals surface area contributed by atoms with Crippen LogP contribution in [0.1, 0.15) is 76.1 Å². The lowest BCUT2D eigenvalue weighted by molar-refractivity contribution is -0.132. The van der Waals surface area contributed by atoms with E-state index in [2.05, 4.69) is 12.2 Å². The molecule has 166 valence electrons. The molecule has 2 rings (SSSR count). The van der Waals surface area contributed by atoms with Crippen LogP contribution in [0.2, 0.25) is 0 Å². The van der Waals surface area contributed by atoms with Gasteiger partial charge < -0.3 is 15.2 Å². The molecule has 3 amide bonds. The summed E-state index contributed by atoms with van der Waals surface area (Å²) < 4.78 is 5.54. The number of urea groups is 1. The van der Waals surface area contributed by atoms with Crippen molar-refractivity contribution in [2.45, 2.75) is 77.4 Å². The van der Waals surface area contributed by atoms with Crippen LogP contribution in [0.25, 0.3) is 0 Å². The van der Waals surface area contributed by atoms with Gasteiger partial charge in [-0.2, -0.15) is 0 Å². The topological polar surface area (TPSA) is 95.9 Å². The second kappa shape index (κ2) is 11.1. The number of rotatable bonds is 13. The lowest BCUT2D eigenvalue weighted by Crippen LogP contribution is -2.45. The summed E-state index contributed by atoms with van der Waals surface area (Å²) in [6.07, 6.45) is 5.38.